The van der Waals surface area contributed by atoms with Crippen molar-refractivity contribution >= 4 is 0 Å². The molecule has 2 nitrogen and oxygen atoms in total. The summed E-state index contributed by atoms with van der Waals surface area (Å²) < 4.78 is 6.34. The van der Waals surface area contributed by atoms with Crippen LogP contribution in [-0.4, -0.2) is 19.2 Å². The van der Waals surface area contributed by atoms with Gasteiger partial charge in [-0.1, -0.05) is 18.6 Å². The molecule has 0 radical (unpaired) electrons. The number of likely N-dealkylation sites (N-methyl/N-ethyl adjacent to an activating group) is 1. The smallest absolute Gasteiger partial charge is 0.125 e. The highest BCUT2D eigenvalue weighted by molar-refractivity contribution is 5.44. The molecule has 1 aromatic rings. The fourth-order valence-corrected chi connectivity index (χ4v) is 2.83. The van der Waals surface area contributed by atoms with Crippen LogP contribution in [0.2, 0.25) is 0 Å². The molecule has 0 heterocycles. The lowest BCUT2D eigenvalue weighted by Crippen LogP contribution is -2.43. The van der Waals surface area contributed by atoms with Crippen LogP contribution in [0.4, 0.5) is 0 Å². The van der Waals surface area contributed by atoms with Crippen molar-refractivity contribution in [1.29, 1.82) is 0 Å². The molecule has 0 bridgehead atoms. The van der Waals surface area contributed by atoms with Crippen LogP contribution in [0, 0.1) is 20.8 Å². The molecule has 2 heteroatoms. The van der Waals surface area contributed by atoms with Gasteiger partial charge in [-0.25, -0.2) is 0 Å². The first-order chi connectivity index (χ1) is 8.63. The van der Waals surface area contributed by atoms with E-state index < -0.39 is 0 Å². The molecular formula is C16H25NO. The van der Waals surface area contributed by atoms with Crippen LogP contribution < -0.4 is 10.1 Å². The lowest BCUT2D eigenvalue weighted by molar-refractivity contribution is 0.116. The second kappa shape index (κ2) is 5.75. The van der Waals surface area contributed by atoms with Gasteiger partial charge in [-0.3, -0.25) is 0 Å². The van der Waals surface area contributed by atoms with Crippen molar-refractivity contribution in [1.82, 2.24) is 5.32 Å². The van der Waals surface area contributed by atoms with Crippen LogP contribution in [0.15, 0.2) is 12.1 Å². The zero-order chi connectivity index (χ0) is 13.1. The third kappa shape index (κ3) is 2.69. The highest BCUT2D eigenvalue weighted by Crippen LogP contribution is 2.30. The van der Waals surface area contributed by atoms with Crippen molar-refractivity contribution in [3.05, 3.63) is 28.8 Å². The van der Waals surface area contributed by atoms with Gasteiger partial charge in [-0.2, -0.15) is 0 Å². The fourth-order valence-electron chi connectivity index (χ4n) is 2.83. The predicted molar refractivity (Wildman–Crippen MR) is 76.4 cm³/mol. The minimum atomic E-state index is 0.322. The van der Waals surface area contributed by atoms with Crippen molar-refractivity contribution in [3.8, 4) is 5.75 Å². The van der Waals surface area contributed by atoms with E-state index in [0.29, 0.717) is 12.1 Å². The summed E-state index contributed by atoms with van der Waals surface area (Å²) in [6, 6.07) is 4.83. The molecule has 0 saturated heterocycles. The summed E-state index contributed by atoms with van der Waals surface area (Å²) in [5.41, 5.74) is 3.85. The SMILES string of the molecule is CNC1CCCCC1Oc1c(C)ccc(C)c1C. The summed E-state index contributed by atoms with van der Waals surface area (Å²) in [7, 11) is 2.04. The summed E-state index contributed by atoms with van der Waals surface area (Å²) in [6.07, 6.45) is 5.32. The molecule has 18 heavy (non-hydrogen) atoms. The van der Waals surface area contributed by atoms with Crippen LogP contribution in [-0.2, 0) is 0 Å². The number of hydrogen-bond acceptors (Lipinski definition) is 2. The number of benzene rings is 1. The molecule has 0 spiro atoms. The minimum absolute atomic E-state index is 0.322. The summed E-state index contributed by atoms with van der Waals surface area (Å²) in [6.45, 7) is 6.45. The molecule has 2 rings (SSSR count). The van der Waals surface area contributed by atoms with Crippen LogP contribution in [0.1, 0.15) is 42.4 Å². The van der Waals surface area contributed by atoms with E-state index in [4.69, 9.17) is 4.74 Å². The Hall–Kier alpha value is -1.02. The predicted octanol–water partition coefficient (Wildman–Crippen LogP) is 3.52. The fraction of sp³-hybridized carbons (Fsp3) is 0.625. The number of rotatable bonds is 3. The minimum Gasteiger partial charge on any atom is -0.488 e. The third-order valence-electron chi connectivity index (χ3n) is 4.22. The molecule has 2 atom stereocenters. The highest BCUT2D eigenvalue weighted by atomic mass is 16.5. The van der Waals surface area contributed by atoms with Gasteiger partial charge < -0.3 is 10.1 Å². The molecule has 0 aliphatic heterocycles. The quantitative estimate of drug-likeness (QED) is 0.882. The van der Waals surface area contributed by atoms with Gasteiger partial charge in [0.25, 0.3) is 0 Å². The second-order valence-corrected chi connectivity index (χ2v) is 5.49. The average Bonchev–Trinajstić information content (AvgIpc) is 2.39. The standard InChI is InChI=1S/C16H25NO/c1-11-9-10-12(2)16(13(11)3)18-15-8-6-5-7-14(15)17-4/h9-10,14-15,17H,5-8H2,1-4H3. The Morgan fingerprint density at radius 2 is 1.72 bits per heavy atom. The van der Waals surface area contributed by atoms with Crippen molar-refractivity contribution in [2.75, 3.05) is 7.05 Å². The summed E-state index contributed by atoms with van der Waals surface area (Å²) in [5, 5.41) is 3.40. The maximum Gasteiger partial charge on any atom is 0.125 e. The molecule has 1 N–H and O–H groups in total. The van der Waals surface area contributed by atoms with Crippen molar-refractivity contribution in [3.63, 3.8) is 0 Å². The first kappa shape index (κ1) is 13.4. The zero-order valence-corrected chi connectivity index (χ0v) is 12.0. The van der Waals surface area contributed by atoms with Crippen LogP contribution in [0.25, 0.3) is 0 Å². The zero-order valence-electron chi connectivity index (χ0n) is 12.0. The van der Waals surface area contributed by atoms with Crippen molar-refractivity contribution in [2.24, 2.45) is 0 Å². The van der Waals surface area contributed by atoms with Gasteiger partial charge in [0.2, 0.25) is 0 Å². The van der Waals surface area contributed by atoms with E-state index in [9.17, 15) is 0 Å². The van der Waals surface area contributed by atoms with Crippen molar-refractivity contribution < 1.29 is 4.74 Å². The van der Waals surface area contributed by atoms with E-state index in [2.05, 4.69) is 38.2 Å². The lowest BCUT2D eigenvalue weighted by atomic mass is 9.92. The molecule has 1 saturated carbocycles. The van der Waals surface area contributed by atoms with Gasteiger partial charge in [0.1, 0.15) is 11.9 Å². The summed E-state index contributed by atoms with van der Waals surface area (Å²) >= 11 is 0. The van der Waals surface area contributed by atoms with E-state index >= 15 is 0 Å². The molecule has 1 fully saturated rings. The number of aryl methyl sites for hydroxylation is 2. The van der Waals surface area contributed by atoms with E-state index in [1.807, 2.05) is 7.05 Å². The second-order valence-electron chi connectivity index (χ2n) is 5.49. The molecule has 1 aliphatic rings. The molecule has 0 amide bonds. The Morgan fingerprint density at radius 1 is 1.06 bits per heavy atom. The Balaban J connectivity index is 2.20. The van der Waals surface area contributed by atoms with Crippen LogP contribution in [0.5, 0.6) is 5.75 Å². The lowest BCUT2D eigenvalue weighted by Gasteiger charge is -2.32. The first-order valence-electron chi connectivity index (χ1n) is 7.04. The third-order valence-corrected chi connectivity index (χ3v) is 4.22. The van der Waals surface area contributed by atoms with Gasteiger partial charge in [0.15, 0.2) is 0 Å². The number of nitrogens with one attached hydrogen (secondary N) is 1. The van der Waals surface area contributed by atoms with Gasteiger partial charge in [0.05, 0.1) is 0 Å². The summed E-state index contributed by atoms with van der Waals surface area (Å²) in [5.74, 6) is 1.10. The van der Waals surface area contributed by atoms with E-state index in [-0.39, 0.29) is 0 Å². The average molecular weight is 247 g/mol. The molecular weight excluding hydrogens is 222 g/mol. The van der Waals surface area contributed by atoms with Gasteiger partial charge in [0, 0.05) is 6.04 Å². The van der Waals surface area contributed by atoms with E-state index in [1.165, 1.54) is 42.4 Å². The van der Waals surface area contributed by atoms with Gasteiger partial charge in [-0.15, -0.1) is 0 Å². The van der Waals surface area contributed by atoms with Crippen LogP contribution >= 0.6 is 0 Å². The van der Waals surface area contributed by atoms with E-state index in [1.54, 1.807) is 0 Å². The maximum absolute atomic E-state index is 6.34. The molecule has 1 aliphatic carbocycles. The molecule has 0 aromatic heterocycles. The van der Waals surface area contributed by atoms with Gasteiger partial charge >= 0.3 is 0 Å². The Morgan fingerprint density at radius 3 is 2.44 bits per heavy atom. The van der Waals surface area contributed by atoms with E-state index in [0.717, 1.165) is 5.75 Å². The summed E-state index contributed by atoms with van der Waals surface area (Å²) in [4.78, 5) is 0. The normalized spacial score (nSPS) is 24.0. The highest BCUT2D eigenvalue weighted by Gasteiger charge is 2.26. The number of ether oxygens (including phenoxy) is 1. The Labute approximate surface area is 111 Å². The molecule has 1 aromatic carbocycles. The Kier molecular flexibility index (Phi) is 4.28. The molecule has 100 valence electrons. The van der Waals surface area contributed by atoms with Crippen molar-refractivity contribution in [2.45, 2.75) is 58.6 Å². The number of hydrogen-bond donors (Lipinski definition) is 1. The van der Waals surface area contributed by atoms with Gasteiger partial charge in [-0.05, 0) is 63.8 Å². The molecule has 2 unspecified atom stereocenters. The first-order valence-corrected chi connectivity index (χ1v) is 7.04. The maximum atomic E-state index is 6.34. The largest absolute Gasteiger partial charge is 0.488 e. The monoisotopic (exact) mass is 247 g/mol. The Bertz CT molecular complexity index is 414. The topological polar surface area (TPSA) is 21.3 Å². The van der Waals surface area contributed by atoms with Crippen LogP contribution in [0.3, 0.4) is 0 Å².